The zero-order chi connectivity index (χ0) is 15.5. The number of aromatic nitrogens is 1. The first kappa shape index (κ1) is 16.0. The van der Waals surface area contributed by atoms with E-state index in [2.05, 4.69) is 15.6 Å². The van der Waals surface area contributed by atoms with Crippen molar-refractivity contribution in [3.8, 4) is 0 Å². The average molecular weight is 312 g/mol. The Kier molecular flexibility index (Phi) is 5.05. The number of carbonyl (C=O) groups is 1. The highest BCUT2D eigenvalue weighted by atomic mass is 32.1. The Labute approximate surface area is 129 Å². The average Bonchev–Trinajstić information content (AvgIpc) is 3.11. The number of hydrogen-bond acceptors (Lipinski definition) is 6. The third kappa shape index (κ3) is 4.31. The number of nitrogens with zero attached hydrogens (tertiary/aromatic N) is 1. The fraction of sp³-hybridized carbons (Fsp3) is 0.714. The maximum Gasteiger partial charge on any atom is 0.265 e. The van der Waals surface area contributed by atoms with E-state index < -0.39 is 0 Å². The van der Waals surface area contributed by atoms with E-state index in [4.69, 9.17) is 10.5 Å². The van der Waals surface area contributed by atoms with Crippen LogP contribution in [0.4, 0.5) is 10.9 Å². The first-order chi connectivity index (χ1) is 9.96. The molecule has 1 fully saturated rings. The fourth-order valence-electron chi connectivity index (χ4n) is 2.16. The van der Waals surface area contributed by atoms with Crippen LogP contribution in [0, 0.1) is 5.41 Å². The molecule has 0 unspecified atom stereocenters. The molecule has 1 heterocycles. The van der Waals surface area contributed by atoms with Gasteiger partial charge in [0.05, 0.1) is 0 Å². The van der Waals surface area contributed by atoms with Crippen molar-refractivity contribution < 1.29 is 9.53 Å². The molecule has 0 aliphatic heterocycles. The Hall–Kier alpha value is -1.34. The number of amides is 1. The lowest BCUT2D eigenvalue weighted by Gasteiger charge is -2.15. The maximum atomic E-state index is 12.2. The largest absolute Gasteiger partial charge is 0.385 e. The molecule has 21 heavy (non-hydrogen) atoms. The number of anilines is 2. The van der Waals surface area contributed by atoms with E-state index in [0.717, 1.165) is 25.9 Å². The minimum absolute atomic E-state index is 0.134. The fourth-order valence-corrected chi connectivity index (χ4v) is 3.11. The highest BCUT2D eigenvalue weighted by Gasteiger charge is 2.42. The molecular weight excluding hydrogens is 288 g/mol. The Morgan fingerprint density at radius 2 is 2.24 bits per heavy atom. The summed E-state index contributed by atoms with van der Waals surface area (Å²) in [5, 5.41) is 6.84. The van der Waals surface area contributed by atoms with Crippen LogP contribution < -0.4 is 16.4 Å². The van der Waals surface area contributed by atoms with Crippen LogP contribution in [0.25, 0.3) is 0 Å². The van der Waals surface area contributed by atoms with E-state index in [0.29, 0.717) is 22.4 Å². The van der Waals surface area contributed by atoms with Gasteiger partial charge in [0.15, 0.2) is 5.13 Å². The zero-order valence-corrected chi connectivity index (χ0v) is 13.7. The van der Waals surface area contributed by atoms with Gasteiger partial charge in [-0.1, -0.05) is 11.3 Å². The van der Waals surface area contributed by atoms with Crippen LogP contribution in [0.5, 0.6) is 0 Å². The van der Waals surface area contributed by atoms with Gasteiger partial charge in [-0.05, 0) is 38.5 Å². The molecule has 0 spiro atoms. The lowest BCUT2D eigenvalue weighted by Crippen LogP contribution is -2.30. The number of ether oxygens (including phenoxy) is 1. The molecule has 0 aromatic carbocycles. The monoisotopic (exact) mass is 312 g/mol. The predicted molar refractivity (Wildman–Crippen MR) is 85.8 cm³/mol. The number of nitrogens with one attached hydrogen (secondary N) is 2. The van der Waals surface area contributed by atoms with E-state index in [1.54, 1.807) is 7.11 Å². The highest BCUT2D eigenvalue weighted by Crippen LogP contribution is 2.48. The molecule has 1 aromatic rings. The molecule has 0 saturated heterocycles. The topological polar surface area (TPSA) is 89.3 Å². The first-order valence-electron chi connectivity index (χ1n) is 7.26. The molecule has 1 amide bonds. The van der Waals surface area contributed by atoms with Gasteiger partial charge in [0.1, 0.15) is 10.7 Å². The number of hydrogen-bond donors (Lipinski definition) is 3. The van der Waals surface area contributed by atoms with Gasteiger partial charge in [0.2, 0.25) is 0 Å². The van der Waals surface area contributed by atoms with Crippen LogP contribution in [-0.4, -0.2) is 37.2 Å². The van der Waals surface area contributed by atoms with Crippen molar-refractivity contribution in [2.45, 2.75) is 39.2 Å². The smallest absolute Gasteiger partial charge is 0.265 e. The van der Waals surface area contributed by atoms with Gasteiger partial charge in [-0.2, -0.15) is 0 Å². The lowest BCUT2D eigenvalue weighted by atomic mass is 10.0. The molecule has 6 nitrogen and oxygen atoms in total. The maximum absolute atomic E-state index is 12.2. The molecule has 1 aliphatic rings. The Morgan fingerprint density at radius 1 is 1.52 bits per heavy atom. The number of methoxy groups -OCH3 is 1. The second-order valence-electron chi connectivity index (χ2n) is 5.96. The van der Waals surface area contributed by atoms with E-state index >= 15 is 0 Å². The number of rotatable bonds is 8. The minimum Gasteiger partial charge on any atom is -0.385 e. The molecule has 7 heteroatoms. The van der Waals surface area contributed by atoms with Crippen molar-refractivity contribution in [2.75, 3.05) is 31.3 Å². The van der Waals surface area contributed by atoms with Gasteiger partial charge < -0.3 is 21.1 Å². The number of carbonyl (C=O) groups excluding carboxylic acids is 1. The molecule has 2 rings (SSSR count). The Balaban J connectivity index is 1.90. The second-order valence-corrected chi connectivity index (χ2v) is 6.96. The number of nitrogen functional groups attached to an aromatic ring is 1. The molecule has 0 bridgehead atoms. The molecule has 1 aliphatic carbocycles. The van der Waals surface area contributed by atoms with E-state index in [9.17, 15) is 4.79 Å². The van der Waals surface area contributed by atoms with Crippen LogP contribution >= 0.6 is 11.3 Å². The molecule has 0 atom stereocenters. The molecule has 1 aromatic heterocycles. The van der Waals surface area contributed by atoms with Crippen molar-refractivity contribution >= 4 is 28.2 Å². The quantitative estimate of drug-likeness (QED) is 0.684. The summed E-state index contributed by atoms with van der Waals surface area (Å²) < 4.78 is 5.12. The van der Waals surface area contributed by atoms with Gasteiger partial charge in [0, 0.05) is 26.3 Å². The summed E-state index contributed by atoms with van der Waals surface area (Å²) in [6, 6.07) is 0.259. The summed E-state index contributed by atoms with van der Waals surface area (Å²) in [5.41, 5.74) is 6.06. The summed E-state index contributed by atoms with van der Waals surface area (Å²) in [7, 11) is 1.70. The third-order valence-corrected chi connectivity index (χ3v) is 4.69. The van der Waals surface area contributed by atoms with Crippen LogP contribution in [0.2, 0.25) is 0 Å². The summed E-state index contributed by atoms with van der Waals surface area (Å²) in [6.45, 7) is 5.45. The van der Waals surface area contributed by atoms with Crippen LogP contribution in [0.1, 0.15) is 42.8 Å². The molecule has 118 valence electrons. The number of thiazole rings is 1. The van der Waals surface area contributed by atoms with Gasteiger partial charge in [-0.15, -0.1) is 0 Å². The van der Waals surface area contributed by atoms with Crippen molar-refractivity contribution in [1.82, 2.24) is 10.3 Å². The molecule has 0 radical (unpaired) electrons. The van der Waals surface area contributed by atoms with Gasteiger partial charge in [-0.3, -0.25) is 4.79 Å². The van der Waals surface area contributed by atoms with Crippen LogP contribution in [-0.2, 0) is 4.74 Å². The normalized spacial score (nSPS) is 16.0. The zero-order valence-electron chi connectivity index (χ0n) is 12.9. The summed E-state index contributed by atoms with van der Waals surface area (Å²) in [4.78, 5) is 16.9. The first-order valence-corrected chi connectivity index (χ1v) is 8.07. The van der Waals surface area contributed by atoms with Crippen LogP contribution in [0.15, 0.2) is 0 Å². The number of nitrogens with two attached hydrogens (primary N) is 1. The van der Waals surface area contributed by atoms with Crippen molar-refractivity contribution in [1.29, 1.82) is 0 Å². The van der Waals surface area contributed by atoms with Gasteiger partial charge in [0.25, 0.3) is 5.91 Å². The second kappa shape index (κ2) is 6.62. The highest BCUT2D eigenvalue weighted by molar-refractivity contribution is 7.18. The molecule has 4 N–H and O–H groups in total. The minimum atomic E-state index is -0.134. The van der Waals surface area contributed by atoms with Crippen molar-refractivity contribution in [3.63, 3.8) is 0 Å². The SMILES string of the molecule is COCCC1(CNC(=O)c2sc(NC(C)C)nc2N)CC1. The van der Waals surface area contributed by atoms with Crippen LogP contribution in [0.3, 0.4) is 0 Å². The lowest BCUT2D eigenvalue weighted by molar-refractivity contribution is 0.0942. The van der Waals surface area contributed by atoms with Crippen molar-refractivity contribution in [2.24, 2.45) is 5.41 Å². The standard InChI is InChI=1S/C14H24N4O2S/c1-9(2)17-13-18-11(15)10(21-13)12(19)16-8-14(4-5-14)6-7-20-3/h9H,4-8,15H2,1-3H3,(H,16,19)(H,17,18). The van der Waals surface area contributed by atoms with E-state index in [1.807, 2.05) is 13.8 Å². The third-order valence-electron chi connectivity index (χ3n) is 3.69. The summed E-state index contributed by atoms with van der Waals surface area (Å²) >= 11 is 1.30. The van der Waals surface area contributed by atoms with Gasteiger partial charge in [-0.25, -0.2) is 4.98 Å². The molecule has 1 saturated carbocycles. The Bertz CT molecular complexity index is 497. The summed E-state index contributed by atoms with van der Waals surface area (Å²) in [6.07, 6.45) is 3.28. The van der Waals surface area contributed by atoms with Gasteiger partial charge >= 0.3 is 0 Å². The van der Waals surface area contributed by atoms with E-state index in [1.165, 1.54) is 11.3 Å². The molecular formula is C14H24N4O2S. The summed E-state index contributed by atoms with van der Waals surface area (Å²) in [5.74, 6) is 0.160. The van der Waals surface area contributed by atoms with E-state index in [-0.39, 0.29) is 17.4 Å². The van der Waals surface area contributed by atoms with Crippen molar-refractivity contribution in [3.05, 3.63) is 4.88 Å². The predicted octanol–water partition coefficient (Wildman–Crippen LogP) is 2.09. The Morgan fingerprint density at radius 3 is 2.81 bits per heavy atom.